The van der Waals surface area contributed by atoms with Crippen molar-refractivity contribution in [1.82, 2.24) is 24.8 Å². The maximum absolute atomic E-state index is 10.9. The maximum atomic E-state index is 10.9. The Hall–Kier alpha value is -3.12. The molecule has 0 amide bonds. The summed E-state index contributed by atoms with van der Waals surface area (Å²) in [6, 6.07) is 11.1. The van der Waals surface area contributed by atoms with Gasteiger partial charge in [-0.2, -0.15) is 5.10 Å². The quantitative estimate of drug-likeness (QED) is 0.351. The fourth-order valence-electron chi connectivity index (χ4n) is 7.05. The highest BCUT2D eigenvalue weighted by atomic mass is 16.3. The minimum Gasteiger partial charge on any atom is -0.389 e. The van der Waals surface area contributed by atoms with Gasteiger partial charge < -0.3 is 15.3 Å². The molecule has 6 rings (SSSR count). The average molecular weight is 554 g/mol. The van der Waals surface area contributed by atoms with Crippen LogP contribution in [0.25, 0.3) is 11.3 Å². The van der Waals surface area contributed by atoms with E-state index in [0.717, 1.165) is 85.0 Å². The summed E-state index contributed by atoms with van der Waals surface area (Å²) in [7, 11) is 0. The molecule has 2 fully saturated rings. The van der Waals surface area contributed by atoms with Crippen LogP contribution >= 0.6 is 0 Å². The highest BCUT2D eigenvalue weighted by Crippen LogP contribution is 2.42. The molecule has 1 saturated carbocycles. The van der Waals surface area contributed by atoms with Gasteiger partial charge in [0.2, 0.25) is 0 Å². The zero-order chi connectivity index (χ0) is 28.9. The van der Waals surface area contributed by atoms with E-state index in [1.807, 2.05) is 13.8 Å². The van der Waals surface area contributed by atoms with Gasteiger partial charge in [-0.05, 0) is 94.4 Å². The minimum absolute atomic E-state index is 0.150. The van der Waals surface area contributed by atoms with Gasteiger partial charge in [0.05, 0.1) is 17.3 Å². The number of hydrogen-bond donors (Lipinski definition) is 2. The number of piperidine rings is 1. The molecule has 0 radical (unpaired) electrons. The summed E-state index contributed by atoms with van der Waals surface area (Å²) in [6.45, 7) is 19.2. The Kier molecular flexibility index (Phi) is 7.48. The summed E-state index contributed by atoms with van der Waals surface area (Å²) in [5, 5.41) is 19.7. The van der Waals surface area contributed by atoms with Gasteiger partial charge in [0.25, 0.3) is 0 Å². The number of fused-ring (bicyclic) bond motifs is 4. The smallest absolute Gasteiger partial charge is 0.155 e. The Bertz CT molecular complexity index is 1460. The lowest BCUT2D eigenvalue weighted by Gasteiger charge is -2.38. The van der Waals surface area contributed by atoms with Crippen LogP contribution in [0.15, 0.2) is 49.2 Å². The van der Waals surface area contributed by atoms with Gasteiger partial charge in [-0.15, -0.1) is 0 Å². The van der Waals surface area contributed by atoms with Crippen molar-refractivity contribution in [1.29, 1.82) is 0 Å². The van der Waals surface area contributed by atoms with Crippen LogP contribution in [0.4, 0.5) is 0 Å². The first kappa shape index (κ1) is 28.0. The molecule has 0 spiro atoms. The van der Waals surface area contributed by atoms with Gasteiger partial charge in [0.15, 0.2) is 5.65 Å². The third kappa shape index (κ3) is 5.55. The van der Waals surface area contributed by atoms with Crippen molar-refractivity contribution in [3.63, 3.8) is 0 Å². The van der Waals surface area contributed by atoms with Crippen LogP contribution in [0, 0.1) is 5.92 Å². The topological polar surface area (TPSA) is 65.7 Å². The van der Waals surface area contributed by atoms with E-state index in [1.54, 1.807) is 0 Å². The van der Waals surface area contributed by atoms with Gasteiger partial charge in [0, 0.05) is 59.3 Å². The first-order valence-corrected chi connectivity index (χ1v) is 15.7. The fourth-order valence-corrected chi connectivity index (χ4v) is 7.05. The first-order chi connectivity index (χ1) is 19.6. The van der Waals surface area contributed by atoms with Crippen molar-refractivity contribution in [3.05, 3.63) is 83.0 Å². The van der Waals surface area contributed by atoms with Crippen molar-refractivity contribution < 1.29 is 5.11 Å². The molecular formula is C35H47N5O. The van der Waals surface area contributed by atoms with Gasteiger partial charge in [-0.1, -0.05) is 39.1 Å². The van der Waals surface area contributed by atoms with E-state index in [-0.39, 0.29) is 6.04 Å². The fraction of sp³-hybridized carbons (Fsp3) is 0.543. The van der Waals surface area contributed by atoms with Crippen LogP contribution in [0.3, 0.4) is 0 Å². The second kappa shape index (κ2) is 10.9. The van der Waals surface area contributed by atoms with Crippen LogP contribution in [0.5, 0.6) is 0 Å². The Morgan fingerprint density at radius 2 is 1.80 bits per heavy atom. The molecule has 2 atom stereocenters. The molecule has 2 aliphatic heterocycles. The standard InChI is InChI=1S/C35H47N5O/c1-22-17-27(18-22)30-20-33-23(2)14-15-36-24(3)10-11-26-12-13-28(35(5,6)41)19-29(26)25(4)39-16-8-7-9-32(39)31-21-34(37-30)40(33)38-31/h12-13,19-23,27,32,36,41H,3-4,7-11,14-18H2,1-2,5-6H3. The molecule has 218 valence electrons. The molecule has 1 saturated heterocycles. The van der Waals surface area contributed by atoms with Crippen LogP contribution < -0.4 is 5.32 Å². The Morgan fingerprint density at radius 1 is 1.00 bits per heavy atom. The van der Waals surface area contributed by atoms with Crippen molar-refractivity contribution >= 4 is 11.3 Å². The van der Waals surface area contributed by atoms with E-state index in [1.165, 1.54) is 36.2 Å². The van der Waals surface area contributed by atoms with Crippen molar-refractivity contribution in [2.24, 2.45) is 5.92 Å². The molecule has 4 heterocycles. The number of aryl methyl sites for hydroxylation is 1. The van der Waals surface area contributed by atoms with E-state index in [2.05, 4.69) is 72.1 Å². The number of benzene rings is 1. The summed E-state index contributed by atoms with van der Waals surface area (Å²) in [5.41, 5.74) is 8.99. The van der Waals surface area contributed by atoms with E-state index < -0.39 is 5.60 Å². The number of aliphatic hydroxyl groups is 1. The number of nitrogens with zero attached hydrogens (tertiary/aromatic N) is 4. The predicted molar refractivity (Wildman–Crippen MR) is 167 cm³/mol. The zero-order valence-corrected chi connectivity index (χ0v) is 25.4. The lowest BCUT2D eigenvalue weighted by atomic mass is 9.74. The van der Waals surface area contributed by atoms with Gasteiger partial charge >= 0.3 is 0 Å². The molecule has 41 heavy (non-hydrogen) atoms. The monoisotopic (exact) mass is 553 g/mol. The largest absolute Gasteiger partial charge is 0.389 e. The molecule has 6 nitrogen and oxygen atoms in total. The van der Waals surface area contributed by atoms with Crippen molar-refractivity contribution in [2.75, 3.05) is 13.1 Å². The molecule has 3 aromatic rings. The normalized spacial score (nSPS) is 25.9. The molecule has 2 bridgehead atoms. The van der Waals surface area contributed by atoms with Gasteiger partial charge in [0.1, 0.15) is 0 Å². The number of rotatable bonds is 2. The summed E-state index contributed by atoms with van der Waals surface area (Å²) < 4.78 is 2.13. The maximum Gasteiger partial charge on any atom is 0.155 e. The highest BCUT2D eigenvalue weighted by Gasteiger charge is 2.32. The molecule has 2 N–H and O–H groups in total. The first-order valence-electron chi connectivity index (χ1n) is 15.7. The Balaban J connectivity index is 1.46. The highest BCUT2D eigenvalue weighted by molar-refractivity contribution is 5.67. The summed E-state index contributed by atoms with van der Waals surface area (Å²) in [5.74, 6) is 1.68. The number of aromatic nitrogens is 3. The molecule has 2 unspecified atom stereocenters. The SMILES string of the molecule is C=C1CCc2ccc(C(C)(C)O)cc2C(=C)N2CCCCC2c2cc3nc(C4CC(C)C4)cc(n3n2)C(C)CCN1. The van der Waals surface area contributed by atoms with E-state index >= 15 is 0 Å². The van der Waals surface area contributed by atoms with E-state index in [9.17, 15) is 5.11 Å². The van der Waals surface area contributed by atoms with E-state index in [0.29, 0.717) is 11.8 Å². The van der Waals surface area contributed by atoms with Crippen LogP contribution in [-0.4, -0.2) is 37.7 Å². The van der Waals surface area contributed by atoms with Crippen LogP contribution in [-0.2, 0) is 12.0 Å². The average Bonchev–Trinajstić information content (AvgIpc) is 3.36. The summed E-state index contributed by atoms with van der Waals surface area (Å²) >= 11 is 0. The molecular weight excluding hydrogens is 506 g/mol. The molecule has 1 aromatic carbocycles. The van der Waals surface area contributed by atoms with Crippen LogP contribution in [0.2, 0.25) is 0 Å². The van der Waals surface area contributed by atoms with Gasteiger partial charge in [-0.25, -0.2) is 9.50 Å². The number of nitrogens with one attached hydrogen (secondary N) is 1. The number of allylic oxidation sites excluding steroid dienone is 1. The third-order valence-electron chi connectivity index (χ3n) is 9.76. The zero-order valence-electron chi connectivity index (χ0n) is 25.4. The molecule has 3 aliphatic rings. The van der Waals surface area contributed by atoms with Crippen molar-refractivity contribution in [3.8, 4) is 0 Å². The van der Waals surface area contributed by atoms with Gasteiger partial charge in [-0.3, -0.25) is 0 Å². The second-order valence-electron chi connectivity index (χ2n) is 13.5. The Labute approximate surface area is 245 Å². The van der Waals surface area contributed by atoms with E-state index in [4.69, 9.17) is 10.1 Å². The van der Waals surface area contributed by atoms with Crippen molar-refractivity contribution in [2.45, 2.75) is 103 Å². The molecule has 6 heteroatoms. The lowest BCUT2D eigenvalue weighted by molar-refractivity contribution is 0.0785. The van der Waals surface area contributed by atoms with Crippen LogP contribution in [0.1, 0.15) is 124 Å². The minimum atomic E-state index is -0.923. The number of hydrogen-bond acceptors (Lipinski definition) is 5. The summed E-state index contributed by atoms with van der Waals surface area (Å²) in [4.78, 5) is 7.66. The molecule has 2 aromatic heterocycles. The predicted octanol–water partition coefficient (Wildman–Crippen LogP) is 7.21. The lowest BCUT2D eigenvalue weighted by Crippen LogP contribution is -2.32. The molecule has 1 aliphatic carbocycles. The third-order valence-corrected chi connectivity index (χ3v) is 9.76. The second-order valence-corrected chi connectivity index (χ2v) is 13.5. The summed E-state index contributed by atoms with van der Waals surface area (Å²) in [6.07, 6.45) is 8.54. The Morgan fingerprint density at radius 3 is 2.56 bits per heavy atom.